The summed E-state index contributed by atoms with van der Waals surface area (Å²) in [6, 6.07) is 5.72. The van der Waals surface area contributed by atoms with E-state index >= 15 is 8.78 Å². The Morgan fingerprint density at radius 2 is 1.64 bits per heavy atom. The summed E-state index contributed by atoms with van der Waals surface area (Å²) in [6.07, 6.45) is -0.838. The molecule has 44 heavy (non-hydrogen) atoms. The first-order chi connectivity index (χ1) is 20.4. The Labute approximate surface area is 271 Å². The lowest BCUT2D eigenvalue weighted by atomic mass is 9.73. The van der Waals surface area contributed by atoms with Crippen molar-refractivity contribution in [1.29, 1.82) is 0 Å². The minimum Gasteiger partial charge on any atom is -0.428 e. The summed E-state index contributed by atoms with van der Waals surface area (Å²) in [7, 11) is 1.37. The van der Waals surface area contributed by atoms with Crippen LogP contribution in [0.3, 0.4) is 0 Å². The zero-order valence-electron chi connectivity index (χ0n) is 23.9. The van der Waals surface area contributed by atoms with Crippen LogP contribution in [0.5, 0.6) is 0 Å². The van der Waals surface area contributed by atoms with E-state index in [0.29, 0.717) is 0 Å². The topological polar surface area (TPSA) is 105 Å². The highest BCUT2D eigenvalue weighted by atomic mass is 35.5. The quantitative estimate of drug-likeness (QED) is 0.296. The van der Waals surface area contributed by atoms with Crippen LogP contribution in [0.2, 0.25) is 20.1 Å². The van der Waals surface area contributed by atoms with Crippen LogP contribution < -0.4 is 10.2 Å². The minimum absolute atomic E-state index is 0.00641. The molecule has 236 valence electrons. The number of ether oxygens (including phenoxy) is 2. The second kappa shape index (κ2) is 11.3. The number of benzene rings is 2. The molecule has 2 fully saturated rings. The van der Waals surface area contributed by atoms with Gasteiger partial charge in [-0.3, -0.25) is 24.1 Å². The van der Waals surface area contributed by atoms with E-state index in [2.05, 4.69) is 5.32 Å². The molecule has 5 rings (SSSR count). The van der Waals surface area contributed by atoms with E-state index in [0.717, 1.165) is 9.80 Å². The number of alkyl halides is 2. The van der Waals surface area contributed by atoms with Gasteiger partial charge >= 0.3 is 11.9 Å². The summed E-state index contributed by atoms with van der Waals surface area (Å²) in [5.41, 5.74) is -2.77. The Kier molecular flexibility index (Phi) is 8.38. The fraction of sp³-hybridized carbons (Fsp3) is 0.448. The molecule has 0 bridgehead atoms. The predicted molar refractivity (Wildman–Crippen MR) is 160 cm³/mol. The van der Waals surface area contributed by atoms with Crippen LogP contribution in [0.4, 0.5) is 20.2 Å². The monoisotopic (exact) mass is 691 g/mol. The van der Waals surface area contributed by atoms with Crippen LogP contribution >= 0.6 is 46.4 Å². The molecule has 2 aromatic carbocycles. The Morgan fingerprint density at radius 3 is 2.25 bits per heavy atom. The predicted octanol–water partition coefficient (Wildman–Crippen LogP) is 6.16. The highest BCUT2D eigenvalue weighted by Crippen LogP contribution is 2.61. The highest BCUT2D eigenvalue weighted by Gasteiger charge is 2.75. The van der Waals surface area contributed by atoms with Crippen LogP contribution in [-0.4, -0.2) is 61.0 Å². The van der Waals surface area contributed by atoms with Gasteiger partial charge in [-0.2, -0.15) is 0 Å². The molecule has 0 saturated carbocycles. The fourth-order valence-corrected chi connectivity index (χ4v) is 7.35. The second-order valence-corrected chi connectivity index (χ2v) is 13.8. The Balaban J connectivity index is 1.66. The molecule has 0 aromatic heterocycles. The number of carbonyl (C=O) groups is 4. The molecule has 3 aliphatic heterocycles. The van der Waals surface area contributed by atoms with E-state index in [1.54, 1.807) is 20.8 Å². The first-order valence-electron chi connectivity index (χ1n) is 13.4. The van der Waals surface area contributed by atoms with Gasteiger partial charge < -0.3 is 19.7 Å². The first-order valence-corrected chi connectivity index (χ1v) is 14.9. The van der Waals surface area contributed by atoms with Crippen molar-refractivity contribution in [3.05, 3.63) is 56.0 Å². The third kappa shape index (κ3) is 5.40. The largest absolute Gasteiger partial charge is 0.428 e. The lowest BCUT2D eigenvalue weighted by molar-refractivity contribution is -0.179. The number of anilines is 2. The molecular weight excluding hydrogens is 666 g/mol. The second-order valence-electron chi connectivity index (χ2n) is 12.1. The van der Waals surface area contributed by atoms with Crippen molar-refractivity contribution >= 4 is 81.5 Å². The van der Waals surface area contributed by atoms with Gasteiger partial charge in [0.2, 0.25) is 12.7 Å². The molecule has 9 nitrogen and oxygen atoms in total. The number of nitrogens with one attached hydrogen (secondary N) is 1. The van der Waals surface area contributed by atoms with Crippen LogP contribution in [0.15, 0.2) is 30.3 Å². The van der Waals surface area contributed by atoms with E-state index < -0.39 is 78.3 Å². The number of esters is 2. The molecule has 3 heterocycles. The molecule has 2 aromatic rings. The van der Waals surface area contributed by atoms with Gasteiger partial charge in [0.15, 0.2) is 0 Å². The van der Waals surface area contributed by atoms with Crippen LogP contribution in [0, 0.1) is 17.3 Å². The number of hydrogen-bond acceptors (Lipinski definition) is 7. The number of hydrogen-bond donors (Lipinski definition) is 1. The van der Waals surface area contributed by atoms with Crippen LogP contribution in [-0.2, 0) is 34.2 Å². The van der Waals surface area contributed by atoms with Crippen LogP contribution in [0.1, 0.15) is 32.8 Å². The molecule has 2 amide bonds. The molecular formula is C29H27Cl4F2N3O6. The minimum atomic E-state index is -3.32. The van der Waals surface area contributed by atoms with Gasteiger partial charge in [-0.25, -0.2) is 8.78 Å². The summed E-state index contributed by atoms with van der Waals surface area (Å²) in [5, 5.41) is 3.09. The van der Waals surface area contributed by atoms with Crippen molar-refractivity contribution in [3.63, 3.8) is 0 Å². The van der Waals surface area contributed by atoms with Crippen LogP contribution in [0.25, 0.3) is 0 Å². The average Bonchev–Trinajstić information content (AvgIpc) is 3.47. The summed E-state index contributed by atoms with van der Waals surface area (Å²) in [6.45, 7) is 2.99. The van der Waals surface area contributed by atoms with E-state index in [4.69, 9.17) is 55.9 Å². The molecule has 2 saturated heterocycles. The van der Waals surface area contributed by atoms with Crippen molar-refractivity contribution in [3.8, 4) is 0 Å². The van der Waals surface area contributed by atoms with Gasteiger partial charge in [0, 0.05) is 45.8 Å². The van der Waals surface area contributed by atoms with E-state index in [-0.39, 0.29) is 37.0 Å². The fourth-order valence-electron chi connectivity index (χ4n) is 6.30. The first kappa shape index (κ1) is 32.7. The Hall–Kier alpha value is -2.70. The van der Waals surface area contributed by atoms with Gasteiger partial charge in [-0.15, -0.1) is 0 Å². The summed E-state index contributed by atoms with van der Waals surface area (Å²) in [5.74, 6) is -10.0. The highest BCUT2D eigenvalue weighted by molar-refractivity contribution is 6.38. The molecule has 0 unspecified atom stereocenters. The molecule has 0 radical (unpaired) electrons. The number of halogens is 6. The third-order valence-electron chi connectivity index (χ3n) is 8.14. The van der Waals surface area contributed by atoms with Crippen molar-refractivity contribution < 1.29 is 37.4 Å². The zero-order valence-corrected chi connectivity index (χ0v) is 26.9. The Bertz CT molecular complexity index is 1560. The third-order valence-corrected chi connectivity index (χ3v) is 9.10. The zero-order chi connectivity index (χ0) is 32.5. The van der Waals surface area contributed by atoms with E-state index in [1.165, 1.54) is 37.4 Å². The number of nitrogens with zero attached hydrogens (tertiary/aromatic N) is 2. The molecule has 15 heteroatoms. The van der Waals surface area contributed by atoms with Crippen molar-refractivity contribution in [2.45, 2.75) is 44.7 Å². The SMILES string of the molecule is CN(C(=O)[C@H]1[C@H]2CC(F)(F)CN2[C@]2(C(=O)Nc3c(Cl)cc(Cl)cc32)[C@H]1C(=O)OCOC(=O)C(C)(C)C)c1cc(Cl)cc(Cl)c1. The molecule has 0 aliphatic carbocycles. The van der Waals surface area contributed by atoms with E-state index in [9.17, 15) is 19.2 Å². The maximum atomic E-state index is 15.2. The number of fused-ring (bicyclic) bond motifs is 4. The molecule has 3 aliphatic rings. The van der Waals surface area contributed by atoms with Gasteiger partial charge in [0.25, 0.3) is 11.8 Å². The van der Waals surface area contributed by atoms with Crippen molar-refractivity contribution in [2.24, 2.45) is 17.3 Å². The van der Waals surface area contributed by atoms with Gasteiger partial charge in [0.1, 0.15) is 11.5 Å². The lowest BCUT2D eigenvalue weighted by Gasteiger charge is -2.36. The Morgan fingerprint density at radius 1 is 1.02 bits per heavy atom. The maximum Gasteiger partial charge on any atom is 0.315 e. The standard InChI is InChI=1S/C29H27Cl4F2N3O6/c1-27(2,3)26(42)44-12-43-24(40)21-20(23(39)37(4)16-6-13(30)5-14(31)7-16)19-10-28(34,35)11-38(19)29(21)17-8-15(32)9-18(33)22(17)36-25(29)41/h5-9,19-21H,10-12H2,1-4H3,(H,36,41)/t19-,20+,21-,29+/m1/s1. The smallest absolute Gasteiger partial charge is 0.315 e. The average molecular weight is 693 g/mol. The molecule has 4 atom stereocenters. The summed E-state index contributed by atoms with van der Waals surface area (Å²) >= 11 is 25.0. The summed E-state index contributed by atoms with van der Waals surface area (Å²) in [4.78, 5) is 57.1. The van der Waals surface area contributed by atoms with Crippen molar-refractivity contribution in [2.75, 3.05) is 30.6 Å². The van der Waals surface area contributed by atoms with E-state index in [1.807, 2.05) is 0 Å². The maximum absolute atomic E-state index is 15.2. The molecule has 1 N–H and O–H groups in total. The van der Waals surface area contributed by atoms with Gasteiger partial charge in [0.05, 0.1) is 28.6 Å². The number of amides is 2. The van der Waals surface area contributed by atoms with Gasteiger partial charge in [-0.1, -0.05) is 46.4 Å². The number of carbonyl (C=O) groups excluding carboxylic acids is 4. The lowest BCUT2D eigenvalue weighted by Crippen LogP contribution is -2.54. The van der Waals surface area contributed by atoms with Gasteiger partial charge in [-0.05, 0) is 51.1 Å². The number of rotatable bonds is 5. The van der Waals surface area contributed by atoms with Crippen molar-refractivity contribution in [1.82, 2.24) is 4.90 Å². The normalized spacial score (nSPS) is 25.4. The summed E-state index contributed by atoms with van der Waals surface area (Å²) < 4.78 is 40.9. The molecule has 1 spiro atoms.